The van der Waals surface area contributed by atoms with E-state index in [0.29, 0.717) is 0 Å². The molecule has 3 rings (SSSR count). The largest absolute Gasteiger partial charge is 0.376 e. The number of carbonyl (C=O) groups excluding carboxylic acids is 1. The molecule has 104 valence electrons. The fourth-order valence-electron chi connectivity index (χ4n) is 2.63. The van der Waals surface area contributed by atoms with Crippen LogP contribution in [-0.2, 0) is 4.74 Å². The number of aromatic amines is 1. The quantitative estimate of drug-likeness (QED) is 0.740. The van der Waals surface area contributed by atoms with Gasteiger partial charge in [-0.3, -0.25) is 0 Å². The molecule has 2 fully saturated rings. The van der Waals surface area contributed by atoms with Gasteiger partial charge in [0.05, 0.1) is 18.8 Å². The third kappa shape index (κ3) is 2.90. The van der Waals surface area contributed by atoms with Crippen molar-refractivity contribution in [1.29, 1.82) is 0 Å². The Morgan fingerprint density at radius 2 is 2.42 bits per heavy atom. The number of hydrogen-bond acceptors (Lipinski definition) is 3. The summed E-state index contributed by atoms with van der Waals surface area (Å²) in [5.74, 6) is 0. The molecule has 6 heteroatoms. The number of urea groups is 1. The monoisotopic (exact) mass is 264 g/mol. The molecule has 19 heavy (non-hydrogen) atoms. The number of carbonyl (C=O) groups is 1. The summed E-state index contributed by atoms with van der Waals surface area (Å²) in [6.07, 6.45) is 4.93. The molecule has 1 aromatic rings. The van der Waals surface area contributed by atoms with E-state index in [4.69, 9.17) is 4.74 Å². The minimum absolute atomic E-state index is 0.0231. The van der Waals surface area contributed by atoms with Gasteiger partial charge in [-0.05, 0) is 18.1 Å². The number of morpholine rings is 1. The van der Waals surface area contributed by atoms with Crippen molar-refractivity contribution in [2.45, 2.75) is 18.6 Å². The maximum Gasteiger partial charge on any atom is 0.318 e. The molecule has 2 saturated heterocycles. The van der Waals surface area contributed by atoms with Crippen LogP contribution in [-0.4, -0.2) is 54.8 Å². The number of nitrogens with one attached hydrogen (secondary N) is 3. The molecule has 2 aliphatic rings. The van der Waals surface area contributed by atoms with Gasteiger partial charge in [0.25, 0.3) is 0 Å². The molecule has 0 saturated carbocycles. The highest BCUT2D eigenvalue weighted by molar-refractivity contribution is 5.77. The van der Waals surface area contributed by atoms with Crippen molar-refractivity contribution in [3.8, 4) is 0 Å². The van der Waals surface area contributed by atoms with Crippen LogP contribution in [0.5, 0.6) is 0 Å². The Balaban J connectivity index is 1.50. The summed E-state index contributed by atoms with van der Waals surface area (Å²) in [6.45, 7) is 4.06. The van der Waals surface area contributed by atoms with Gasteiger partial charge < -0.3 is 25.3 Å². The van der Waals surface area contributed by atoms with Gasteiger partial charge in [-0.25, -0.2) is 4.79 Å². The maximum absolute atomic E-state index is 11.9. The summed E-state index contributed by atoms with van der Waals surface area (Å²) in [5.41, 5.74) is 1.13. The van der Waals surface area contributed by atoms with Crippen LogP contribution >= 0.6 is 0 Å². The third-order valence-electron chi connectivity index (χ3n) is 3.74. The Kier molecular flexibility index (Phi) is 3.70. The van der Waals surface area contributed by atoms with E-state index >= 15 is 0 Å². The van der Waals surface area contributed by atoms with Crippen molar-refractivity contribution in [2.75, 3.05) is 32.8 Å². The first kappa shape index (κ1) is 12.5. The highest BCUT2D eigenvalue weighted by atomic mass is 16.5. The van der Waals surface area contributed by atoms with E-state index in [1.807, 2.05) is 23.4 Å². The summed E-state index contributed by atoms with van der Waals surface area (Å²) >= 11 is 0. The lowest BCUT2D eigenvalue weighted by atomic mass is 10.1. The van der Waals surface area contributed by atoms with Gasteiger partial charge in [-0.1, -0.05) is 0 Å². The lowest BCUT2D eigenvalue weighted by molar-refractivity contribution is 0.0201. The van der Waals surface area contributed by atoms with Gasteiger partial charge in [0.15, 0.2) is 0 Å². The van der Waals surface area contributed by atoms with E-state index in [9.17, 15) is 4.79 Å². The fraction of sp³-hybridized carbons (Fsp3) is 0.615. The molecule has 3 N–H and O–H groups in total. The van der Waals surface area contributed by atoms with E-state index < -0.39 is 0 Å². The van der Waals surface area contributed by atoms with Crippen molar-refractivity contribution in [1.82, 2.24) is 20.5 Å². The van der Waals surface area contributed by atoms with Crippen LogP contribution < -0.4 is 10.6 Å². The second-order valence-corrected chi connectivity index (χ2v) is 5.08. The Bertz CT molecular complexity index is 414. The number of amides is 2. The van der Waals surface area contributed by atoms with E-state index in [1.165, 1.54) is 0 Å². The molecule has 2 amide bonds. The standard InChI is InChI=1S/C13H20N4O2/c18-13-16-12(10-1-3-14-7-10)9-17(13)5-2-11-8-15-4-6-19-11/h1,3,7,11-12,14-15H,2,4-6,8-9H2,(H,16,18). The summed E-state index contributed by atoms with van der Waals surface area (Å²) in [4.78, 5) is 16.8. The number of hydrogen-bond donors (Lipinski definition) is 3. The van der Waals surface area contributed by atoms with Crippen molar-refractivity contribution in [2.24, 2.45) is 0 Å². The van der Waals surface area contributed by atoms with Crippen molar-refractivity contribution in [3.63, 3.8) is 0 Å². The van der Waals surface area contributed by atoms with Crippen LogP contribution in [0.15, 0.2) is 18.5 Å². The summed E-state index contributed by atoms with van der Waals surface area (Å²) in [7, 11) is 0. The second-order valence-electron chi connectivity index (χ2n) is 5.08. The topological polar surface area (TPSA) is 69.4 Å². The molecule has 0 aliphatic carbocycles. The average molecular weight is 264 g/mol. The van der Waals surface area contributed by atoms with E-state index in [-0.39, 0.29) is 18.2 Å². The number of ether oxygens (including phenoxy) is 1. The maximum atomic E-state index is 11.9. The molecule has 2 aliphatic heterocycles. The smallest absolute Gasteiger partial charge is 0.318 e. The van der Waals surface area contributed by atoms with Crippen LogP contribution in [0.3, 0.4) is 0 Å². The third-order valence-corrected chi connectivity index (χ3v) is 3.74. The second kappa shape index (κ2) is 5.63. The Morgan fingerprint density at radius 1 is 1.47 bits per heavy atom. The molecule has 2 atom stereocenters. The minimum atomic E-state index is 0.0231. The van der Waals surface area contributed by atoms with Crippen molar-refractivity contribution >= 4 is 6.03 Å². The zero-order chi connectivity index (χ0) is 13.1. The van der Waals surface area contributed by atoms with Crippen LogP contribution in [0, 0.1) is 0 Å². The molecule has 0 radical (unpaired) electrons. The van der Waals surface area contributed by atoms with E-state index in [1.54, 1.807) is 0 Å². The number of rotatable bonds is 4. The van der Waals surface area contributed by atoms with Gasteiger partial charge in [0.2, 0.25) is 0 Å². The zero-order valence-corrected chi connectivity index (χ0v) is 10.9. The highest BCUT2D eigenvalue weighted by Crippen LogP contribution is 2.20. The van der Waals surface area contributed by atoms with Crippen molar-refractivity contribution in [3.05, 3.63) is 24.0 Å². The Morgan fingerprint density at radius 3 is 3.16 bits per heavy atom. The lowest BCUT2D eigenvalue weighted by Gasteiger charge is -2.25. The average Bonchev–Trinajstić information content (AvgIpc) is 3.07. The molecule has 2 unspecified atom stereocenters. The Hall–Kier alpha value is -1.53. The van der Waals surface area contributed by atoms with Gasteiger partial charge in [0.1, 0.15) is 0 Å². The molecular weight excluding hydrogens is 244 g/mol. The molecule has 6 nitrogen and oxygen atoms in total. The predicted octanol–water partition coefficient (Wildman–Crippen LogP) is 0.460. The first-order chi connectivity index (χ1) is 9.33. The lowest BCUT2D eigenvalue weighted by Crippen LogP contribution is -2.41. The van der Waals surface area contributed by atoms with E-state index in [0.717, 1.165) is 44.8 Å². The van der Waals surface area contributed by atoms with Crippen LogP contribution in [0.2, 0.25) is 0 Å². The van der Waals surface area contributed by atoms with Crippen LogP contribution in [0.1, 0.15) is 18.0 Å². The Labute approximate surface area is 112 Å². The normalized spacial score (nSPS) is 27.6. The number of aromatic nitrogens is 1. The SMILES string of the molecule is O=C1NC(c2cc[nH]c2)CN1CCC1CNCCO1. The molecule has 0 bridgehead atoms. The first-order valence-corrected chi connectivity index (χ1v) is 6.83. The van der Waals surface area contributed by atoms with Crippen LogP contribution in [0.25, 0.3) is 0 Å². The summed E-state index contributed by atoms with van der Waals surface area (Å²) < 4.78 is 5.65. The molecular formula is C13H20N4O2. The zero-order valence-electron chi connectivity index (χ0n) is 10.9. The van der Waals surface area contributed by atoms with Gasteiger partial charge in [-0.2, -0.15) is 0 Å². The van der Waals surface area contributed by atoms with Gasteiger partial charge in [0, 0.05) is 38.6 Å². The van der Waals surface area contributed by atoms with E-state index in [2.05, 4.69) is 15.6 Å². The molecule has 3 heterocycles. The molecule has 0 aromatic carbocycles. The van der Waals surface area contributed by atoms with Gasteiger partial charge >= 0.3 is 6.03 Å². The van der Waals surface area contributed by atoms with Gasteiger partial charge in [-0.15, -0.1) is 0 Å². The summed E-state index contributed by atoms with van der Waals surface area (Å²) in [6, 6.07) is 2.13. The minimum Gasteiger partial charge on any atom is -0.376 e. The summed E-state index contributed by atoms with van der Waals surface area (Å²) in [5, 5.41) is 6.31. The van der Waals surface area contributed by atoms with Crippen LogP contribution in [0.4, 0.5) is 4.79 Å². The first-order valence-electron chi connectivity index (χ1n) is 6.83. The van der Waals surface area contributed by atoms with Crippen molar-refractivity contribution < 1.29 is 9.53 Å². The number of nitrogens with zero attached hydrogens (tertiary/aromatic N) is 1. The fourth-order valence-corrected chi connectivity index (χ4v) is 2.63. The predicted molar refractivity (Wildman–Crippen MR) is 70.9 cm³/mol. The molecule has 0 spiro atoms. The highest BCUT2D eigenvalue weighted by Gasteiger charge is 2.30. The molecule has 1 aromatic heterocycles. The number of H-pyrrole nitrogens is 1.